The number of aromatic nitrogens is 2. The van der Waals surface area contributed by atoms with Crippen LogP contribution < -0.4 is 14.2 Å². The number of furan rings is 1. The van der Waals surface area contributed by atoms with Gasteiger partial charge in [-0.3, -0.25) is 14.5 Å². The first kappa shape index (κ1) is 32.7. The maximum absolute atomic E-state index is 10.3. The van der Waals surface area contributed by atoms with Gasteiger partial charge in [0.2, 0.25) is 5.75 Å². The van der Waals surface area contributed by atoms with Crippen molar-refractivity contribution in [3.8, 4) is 17.2 Å². The summed E-state index contributed by atoms with van der Waals surface area (Å²) >= 11 is 0. The van der Waals surface area contributed by atoms with Gasteiger partial charge in [-0.05, 0) is 36.8 Å². The van der Waals surface area contributed by atoms with E-state index in [1.54, 1.807) is 27.6 Å². The van der Waals surface area contributed by atoms with Crippen LogP contribution in [-0.4, -0.2) is 79.7 Å². The number of carboxylic acids is 3. The fraction of sp³-hybridized carbons (Fsp3) is 0.407. The van der Waals surface area contributed by atoms with E-state index in [-0.39, 0.29) is 0 Å². The summed E-state index contributed by atoms with van der Waals surface area (Å²) in [7, 11) is 6.89. The van der Waals surface area contributed by atoms with Crippen molar-refractivity contribution in [3.63, 3.8) is 0 Å². The van der Waals surface area contributed by atoms with Crippen LogP contribution in [0, 0.1) is 6.92 Å². The number of aliphatic carboxylic acids is 3. The molecule has 2 heterocycles. The summed E-state index contributed by atoms with van der Waals surface area (Å²) in [5.74, 6) is -1.24. The minimum atomic E-state index is -2.74. The zero-order valence-electron chi connectivity index (χ0n) is 23.5. The van der Waals surface area contributed by atoms with Crippen molar-refractivity contribution < 1.29 is 53.4 Å². The fourth-order valence-electron chi connectivity index (χ4n) is 3.91. The largest absolute Gasteiger partial charge is 0.493 e. The summed E-state index contributed by atoms with van der Waals surface area (Å²) in [6.45, 7) is 4.09. The molecule has 4 N–H and O–H groups in total. The van der Waals surface area contributed by atoms with Crippen molar-refractivity contribution in [1.29, 1.82) is 0 Å². The van der Waals surface area contributed by atoms with Crippen molar-refractivity contribution >= 4 is 17.9 Å². The molecule has 41 heavy (non-hydrogen) atoms. The monoisotopic (exact) mass is 577 g/mol. The van der Waals surface area contributed by atoms with Crippen LogP contribution in [0.15, 0.2) is 41.1 Å². The highest BCUT2D eigenvalue weighted by Gasteiger charge is 2.40. The predicted octanol–water partition coefficient (Wildman–Crippen LogP) is 2.30. The predicted molar refractivity (Wildman–Crippen MR) is 143 cm³/mol. The number of aliphatic hydroxyl groups is 1. The summed E-state index contributed by atoms with van der Waals surface area (Å²) in [5.41, 5.74) is -0.547. The van der Waals surface area contributed by atoms with E-state index in [0.29, 0.717) is 30.3 Å². The Labute approximate surface area is 236 Å². The van der Waals surface area contributed by atoms with Gasteiger partial charge in [0.1, 0.15) is 11.6 Å². The van der Waals surface area contributed by atoms with Gasteiger partial charge in [0, 0.05) is 26.3 Å². The highest BCUT2D eigenvalue weighted by atomic mass is 16.5. The highest BCUT2D eigenvalue weighted by Crippen LogP contribution is 2.38. The standard InChI is InChI=1S/C21H27N3O4.C6H8O7/c1-15-22-11-17(23(15)2)13-24(14-18-7-6-8-28-18)12-16-9-19(25-3)21(27-5)20(10-16)26-4;7-3(8)1-6(13,5(11)12)2-4(9)10/h6-11H,12-14H2,1-5H3;13H,1-2H2,(H,7,8)(H,9,10)(H,11,12). The number of imidazole rings is 1. The van der Waals surface area contributed by atoms with Gasteiger partial charge in [0.25, 0.3) is 0 Å². The topological polar surface area (TPSA) is 194 Å². The molecule has 0 radical (unpaired) electrons. The third-order valence-corrected chi connectivity index (χ3v) is 6.08. The van der Waals surface area contributed by atoms with E-state index in [1.807, 2.05) is 44.4 Å². The molecule has 0 aliphatic rings. The summed E-state index contributed by atoms with van der Waals surface area (Å²) in [6.07, 6.45) is 1.32. The molecule has 0 unspecified atom stereocenters. The number of hydrogen-bond donors (Lipinski definition) is 4. The third-order valence-electron chi connectivity index (χ3n) is 6.08. The molecule has 1 aromatic carbocycles. The van der Waals surface area contributed by atoms with Crippen LogP contribution in [0.3, 0.4) is 0 Å². The lowest BCUT2D eigenvalue weighted by Crippen LogP contribution is -2.42. The van der Waals surface area contributed by atoms with Crippen LogP contribution in [0.1, 0.15) is 35.7 Å². The Morgan fingerprint density at radius 3 is 1.95 bits per heavy atom. The number of carboxylic acid groups (broad SMARTS) is 3. The minimum Gasteiger partial charge on any atom is -0.493 e. The van der Waals surface area contributed by atoms with Crippen molar-refractivity contribution in [1.82, 2.24) is 14.5 Å². The van der Waals surface area contributed by atoms with Crippen molar-refractivity contribution in [2.75, 3.05) is 21.3 Å². The van der Waals surface area contributed by atoms with Crippen LogP contribution in [-0.2, 0) is 41.1 Å². The van der Waals surface area contributed by atoms with Gasteiger partial charge in [0.05, 0.1) is 52.7 Å². The fourth-order valence-corrected chi connectivity index (χ4v) is 3.91. The molecule has 2 aromatic heterocycles. The smallest absolute Gasteiger partial charge is 0.336 e. The molecule has 3 rings (SSSR count). The number of hydrogen-bond acceptors (Lipinski definition) is 10. The summed E-state index contributed by atoms with van der Waals surface area (Å²) < 4.78 is 24.1. The van der Waals surface area contributed by atoms with Gasteiger partial charge in [-0.25, -0.2) is 9.78 Å². The molecular formula is C27H35N3O11. The zero-order chi connectivity index (χ0) is 30.7. The van der Waals surface area contributed by atoms with E-state index in [0.717, 1.165) is 29.4 Å². The number of methoxy groups -OCH3 is 3. The molecule has 0 saturated carbocycles. The molecule has 0 atom stereocenters. The molecule has 0 bridgehead atoms. The maximum atomic E-state index is 10.3. The van der Waals surface area contributed by atoms with Crippen molar-refractivity contribution in [2.45, 2.75) is 45.0 Å². The van der Waals surface area contributed by atoms with Gasteiger partial charge in [-0.2, -0.15) is 0 Å². The molecule has 0 aliphatic heterocycles. The molecule has 0 spiro atoms. The average Bonchev–Trinajstić information content (AvgIpc) is 3.52. The van der Waals surface area contributed by atoms with Crippen LogP contribution >= 0.6 is 0 Å². The van der Waals surface area contributed by atoms with Gasteiger partial charge in [-0.1, -0.05) is 0 Å². The summed E-state index contributed by atoms with van der Waals surface area (Å²) in [4.78, 5) is 37.2. The number of nitrogens with zero attached hydrogens (tertiary/aromatic N) is 3. The van der Waals surface area contributed by atoms with Crippen LogP contribution in [0.2, 0.25) is 0 Å². The van der Waals surface area contributed by atoms with Crippen LogP contribution in [0.25, 0.3) is 0 Å². The lowest BCUT2D eigenvalue weighted by atomic mass is 9.96. The lowest BCUT2D eigenvalue weighted by Gasteiger charge is -2.23. The second kappa shape index (κ2) is 14.7. The number of benzene rings is 1. The second-order valence-electron chi connectivity index (χ2n) is 9.09. The normalized spacial score (nSPS) is 11.0. The summed E-state index contributed by atoms with van der Waals surface area (Å²) in [5, 5.41) is 33.8. The highest BCUT2D eigenvalue weighted by molar-refractivity contribution is 5.88. The van der Waals surface area contributed by atoms with E-state index < -0.39 is 36.4 Å². The molecule has 3 aromatic rings. The number of aryl methyl sites for hydroxylation is 1. The molecule has 224 valence electrons. The van der Waals surface area contributed by atoms with E-state index in [9.17, 15) is 14.4 Å². The van der Waals surface area contributed by atoms with E-state index in [2.05, 4.69) is 14.5 Å². The first-order valence-corrected chi connectivity index (χ1v) is 12.2. The van der Waals surface area contributed by atoms with Gasteiger partial charge < -0.3 is 43.6 Å². The Morgan fingerprint density at radius 1 is 0.976 bits per heavy atom. The average molecular weight is 578 g/mol. The summed E-state index contributed by atoms with van der Waals surface area (Å²) in [6, 6.07) is 7.84. The van der Waals surface area contributed by atoms with E-state index >= 15 is 0 Å². The van der Waals surface area contributed by atoms with Gasteiger partial charge >= 0.3 is 17.9 Å². The Balaban J connectivity index is 0.000000383. The third kappa shape index (κ3) is 9.25. The first-order chi connectivity index (χ1) is 19.3. The Kier molecular flexibility index (Phi) is 11.7. The van der Waals surface area contributed by atoms with E-state index in [4.69, 9.17) is 39.1 Å². The Hall–Kier alpha value is -4.56. The molecule has 14 heteroatoms. The van der Waals surface area contributed by atoms with Crippen LogP contribution in [0.5, 0.6) is 17.2 Å². The van der Waals surface area contributed by atoms with Gasteiger partial charge in [-0.15, -0.1) is 0 Å². The van der Waals surface area contributed by atoms with E-state index in [1.165, 1.54) is 0 Å². The molecule has 0 aliphatic carbocycles. The minimum absolute atomic E-state index is 0.591. The lowest BCUT2D eigenvalue weighted by molar-refractivity contribution is -0.170. The molecule has 14 nitrogen and oxygen atoms in total. The Morgan fingerprint density at radius 2 is 1.56 bits per heavy atom. The van der Waals surface area contributed by atoms with Crippen molar-refractivity contribution in [2.24, 2.45) is 7.05 Å². The zero-order valence-corrected chi connectivity index (χ0v) is 23.5. The second-order valence-corrected chi connectivity index (χ2v) is 9.09. The molecular weight excluding hydrogens is 542 g/mol. The molecule has 0 saturated heterocycles. The van der Waals surface area contributed by atoms with Crippen molar-refractivity contribution in [3.05, 3.63) is 59.6 Å². The molecule has 0 fully saturated rings. The SMILES string of the molecule is COc1cc(CN(Cc2ccco2)Cc2cnc(C)n2C)cc(OC)c1OC.O=C(O)CC(O)(CC(=O)O)C(=O)O. The number of carbonyl (C=O) groups is 3. The number of rotatable bonds is 14. The maximum Gasteiger partial charge on any atom is 0.336 e. The first-order valence-electron chi connectivity index (χ1n) is 12.2. The van der Waals surface area contributed by atoms with Gasteiger partial charge in [0.15, 0.2) is 17.1 Å². The van der Waals surface area contributed by atoms with Crippen LogP contribution in [0.4, 0.5) is 0 Å². The Bertz CT molecular complexity index is 1280. The number of ether oxygens (including phenoxy) is 3. The quantitative estimate of drug-likeness (QED) is 0.218. The molecule has 0 amide bonds.